The molecule has 0 spiro atoms. The number of hydrogen-bond donors (Lipinski definition) is 2. The van der Waals surface area contributed by atoms with Gasteiger partial charge >= 0.3 is 51.4 Å². The summed E-state index contributed by atoms with van der Waals surface area (Å²) in [5.74, 6) is 0.232. The van der Waals surface area contributed by atoms with Crippen LogP contribution in [0.5, 0.6) is 5.75 Å². The van der Waals surface area contributed by atoms with Crippen molar-refractivity contribution in [2.45, 2.75) is 20.4 Å². The van der Waals surface area contributed by atoms with Crippen molar-refractivity contribution in [1.29, 1.82) is 0 Å². The summed E-state index contributed by atoms with van der Waals surface area (Å²) in [7, 11) is 0. The van der Waals surface area contributed by atoms with Crippen molar-refractivity contribution in [2.75, 3.05) is 6.54 Å². The molecular weight excluding hydrogens is 303 g/mol. The van der Waals surface area contributed by atoms with Crippen LogP contribution >= 0.6 is 0 Å². The Morgan fingerprint density at radius 2 is 1.91 bits per heavy atom. The molecule has 0 aliphatic carbocycles. The van der Waals surface area contributed by atoms with Gasteiger partial charge in [-0.05, 0) is 43.3 Å². The predicted molar refractivity (Wildman–Crippen MR) is 88.0 cm³/mol. The van der Waals surface area contributed by atoms with Crippen molar-refractivity contribution < 1.29 is 61.3 Å². The summed E-state index contributed by atoms with van der Waals surface area (Å²) >= 11 is 0. The fourth-order valence-electron chi connectivity index (χ4n) is 1.37. The third-order valence-corrected chi connectivity index (χ3v) is 2.35. The van der Waals surface area contributed by atoms with E-state index in [4.69, 9.17) is 10.8 Å². The minimum absolute atomic E-state index is 0. The first kappa shape index (κ1) is 23.6. The normalized spacial score (nSPS) is 10.8. The summed E-state index contributed by atoms with van der Waals surface area (Å²) in [5.41, 5.74) is 7.74. The number of allylic oxidation sites excluding steroid dienone is 3. The molecule has 0 bridgehead atoms. The molecule has 1 aromatic carbocycles. The van der Waals surface area contributed by atoms with Gasteiger partial charge in [0.15, 0.2) is 0 Å². The zero-order valence-corrected chi connectivity index (χ0v) is 16.7. The molecular formula is C17H23KN2O2. The number of nitrogens with zero attached hydrogens (tertiary/aromatic N) is 1. The van der Waals surface area contributed by atoms with Crippen LogP contribution in [0.2, 0.25) is 0 Å². The zero-order valence-electron chi connectivity index (χ0n) is 13.6. The van der Waals surface area contributed by atoms with E-state index in [9.17, 15) is 4.79 Å². The molecule has 114 valence electrons. The van der Waals surface area contributed by atoms with E-state index >= 15 is 0 Å². The van der Waals surface area contributed by atoms with E-state index in [1.54, 1.807) is 36.4 Å². The molecule has 0 aliphatic heterocycles. The van der Waals surface area contributed by atoms with E-state index in [0.29, 0.717) is 18.7 Å². The van der Waals surface area contributed by atoms with E-state index < -0.39 is 0 Å². The molecule has 1 rings (SSSR count). The maximum Gasteiger partial charge on any atom is 1.00 e. The monoisotopic (exact) mass is 326 g/mol. The number of nitrogens with two attached hydrogens (primary N) is 1. The smallest absolute Gasteiger partial charge is 0.655 e. The predicted octanol–water partition coefficient (Wildman–Crippen LogP) is 0.450. The largest absolute Gasteiger partial charge is 1.00 e. The molecule has 0 aromatic heterocycles. The maximum absolute atomic E-state index is 10.8. The third kappa shape index (κ3) is 11.9. The van der Waals surface area contributed by atoms with Gasteiger partial charge in [-0.15, -0.1) is 19.7 Å². The van der Waals surface area contributed by atoms with Crippen LogP contribution in [-0.4, -0.2) is 17.9 Å². The Balaban J connectivity index is 0. The van der Waals surface area contributed by atoms with Crippen LogP contribution in [0.15, 0.2) is 60.3 Å². The number of aldehydes is 1. The van der Waals surface area contributed by atoms with Crippen molar-refractivity contribution in [3.05, 3.63) is 71.2 Å². The standard InChI is InChI=1S/C14H17N2O2.C3H6.K/c1-11(7-15)6-13(10-17)9-16-8-12-2-4-14(18)5-3-12;1-3-2;/h2-7,10,18H,8-9,15H2,1H3;3H,1H2,2H3;/q-1;;+1/b11-7-,13-6+;;. The summed E-state index contributed by atoms with van der Waals surface area (Å²) in [6.07, 6.45) is 5.70. The Labute approximate surface area is 175 Å². The van der Waals surface area contributed by atoms with Gasteiger partial charge in [-0.1, -0.05) is 29.8 Å². The molecule has 1 aromatic rings. The van der Waals surface area contributed by atoms with E-state index in [2.05, 4.69) is 11.9 Å². The molecule has 0 atom stereocenters. The maximum atomic E-state index is 10.8. The van der Waals surface area contributed by atoms with Gasteiger partial charge in [0.05, 0.1) is 0 Å². The number of hydrogen-bond acceptors (Lipinski definition) is 3. The second kappa shape index (κ2) is 15.2. The van der Waals surface area contributed by atoms with Crippen LogP contribution in [0.3, 0.4) is 0 Å². The molecule has 4 nitrogen and oxygen atoms in total. The van der Waals surface area contributed by atoms with Crippen LogP contribution in [0.4, 0.5) is 0 Å². The quantitative estimate of drug-likeness (QED) is 0.262. The first-order valence-electron chi connectivity index (χ1n) is 6.59. The minimum Gasteiger partial charge on any atom is -0.655 e. The Bertz CT molecular complexity index is 494. The molecule has 0 aliphatic rings. The minimum atomic E-state index is 0. The average molecular weight is 326 g/mol. The zero-order chi connectivity index (χ0) is 16.1. The second-order valence-corrected chi connectivity index (χ2v) is 4.36. The van der Waals surface area contributed by atoms with Crippen LogP contribution in [0.1, 0.15) is 19.4 Å². The summed E-state index contributed by atoms with van der Waals surface area (Å²) in [6.45, 7) is 7.94. The molecule has 0 radical (unpaired) electrons. The Kier molecular flexibility index (Phi) is 16.3. The van der Waals surface area contributed by atoms with Crippen molar-refractivity contribution in [2.24, 2.45) is 5.73 Å². The molecule has 22 heavy (non-hydrogen) atoms. The number of benzene rings is 1. The summed E-state index contributed by atoms with van der Waals surface area (Å²) in [6, 6.07) is 6.83. The molecule has 5 heteroatoms. The van der Waals surface area contributed by atoms with Gasteiger partial charge in [-0.3, -0.25) is 4.79 Å². The third-order valence-electron chi connectivity index (χ3n) is 2.35. The van der Waals surface area contributed by atoms with Crippen molar-refractivity contribution in [3.63, 3.8) is 0 Å². The van der Waals surface area contributed by atoms with Crippen LogP contribution in [0, 0.1) is 0 Å². The van der Waals surface area contributed by atoms with Gasteiger partial charge in [0.25, 0.3) is 0 Å². The topological polar surface area (TPSA) is 77.4 Å². The Morgan fingerprint density at radius 1 is 1.36 bits per heavy atom. The Morgan fingerprint density at radius 3 is 2.36 bits per heavy atom. The number of carbonyl (C=O) groups is 1. The van der Waals surface area contributed by atoms with Gasteiger partial charge in [0.1, 0.15) is 12.0 Å². The molecule has 0 fully saturated rings. The molecule has 3 N–H and O–H groups in total. The van der Waals surface area contributed by atoms with Crippen LogP contribution in [-0.2, 0) is 11.3 Å². The average Bonchev–Trinajstić information content (AvgIpc) is 2.48. The molecule has 0 unspecified atom stereocenters. The fraction of sp³-hybridized carbons (Fsp3) is 0.235. The van der Waals surface area contributed by atoms with Crippen molar-refractivity contribution >= 4 is 6.29 Å². The number of rotatable bonds is 6. The number of carbonyl (C=O) groups excluding carboxylic acids is 1. The summed E-state index contributed by atoms with van der Waals surface area (Å²) in [5, 5.41) is 13.4. The fourth-order valence-corrected chi connectivity index (χ4v) is 1.37. The van der Waals surface area contributed by atoms with E-state index in [1.165, 1.54) is 6.20 Å². The molecule has 0 saturated carbocycles. The van der Waals surface area contributed by atoms with Crippen molar-refractivity contribution in [3.8, 4) is 5.75 Å². The summed E-state index contributed by atoms with van der Waals surface area (Å²) in [4.78, 5) is 10.8. The molecule has 0 saturated heterocycles. The van der Waals surface area contributed by atoms with Gasteiger partial charge in [0.2, 0.25) is 0 Å². The Hall–Kier alpha value is -0.694. The van der Waals surface area contributed by atoms with Gasteiger partial charge in [-0.2, -0.15) is 0 Å². The van der Waals surface area contributed by atoms with Gasteiger partial charge < -0.3 is 16.2 Å². The second-order valence-electron chi connectivity index (χ2n) is 4.36. The van der Waals surface area contributed by atoms with E-state index in [0.717, 1.165) is 17.4 Å². The first-order chi connectivity index (χ1) is 10.1. The van der Waals surface area contributed by atoms with E-state index in [1.807, 2.05) is 13.8 Å². The number of phenolic OH excluding ortho intramolecular Hbond substituents is 1. The van der Waals surface area contributed by atoms with E-state index in [-0.39, 0.29) is 57.1 Å². The SMILES string of the molecule is C=CC.CC(=C/N)/C=C(/C=O)C[N-]Cc1ccc(O)cc1.[K+]. The van der Waals surface area contributed by atoms with Crippen LogP contribution < -0.4 is 57.1 Å². The van der Waals surface area contributed by atoms with Gasteiger partial charge in [0, 0.05) is 0 Å². The van der Waals surface area contributed by atoms with Crippen LogP contribution in [0.25, 0.3) is 5.32 Å². The first-order valence-corrected chi connectivity index (χ1v) is 6.59. The molecule has 0 amide bonds. The summed E-state index contributed by atoms with van der Waals surface area (Å²) < 4.78 is 0. The number of aromatic hydroxyl groups is 1. The van der Waals surface area contributed by atoms with Crippen molar-refractivity contribution in [1.82, 2.24) is 0 Å². The van der Waals surface area contributed by atoms with Gasteiger partial charge in [-0.25, -0.2) is 0 Å². The molecule has 0 heterocycles. The number of phenols is 1.